The second kappa shape index (κ2) is 8.57. The first kappa shape index (κ1) is 20.3. The fourth-order valence-corrected chi connectivity index (χ4v) is 2.06. The molecule has 0 saturated carbocycles. The van der Waals surface area contributed by atoms with Crippen LogP contribution in [0.15, 0.2) is 54.6 Å². The highest BCUT2D eigenvalue weighted by atomic mass is 19.4. The number of hydrogen-bond acceptors (Lipinski definition) is 4. The molecule has 0 aliphatic carbocycles. The first-order valence-corrected chi connectivity index (χ1v) is 8.07. The standard InChI is InChI=1S/C19H18F3NO4/c1-12(27-18(25)13(2)26-16-6-4-3-5-7-16)17(24)23-15-10-8-14(9-11-15)19(20,21)22/h3-13H,1-2H3,(H,23,24). The summed E-state index contributed by atoms with van der Waals surface area (Å²) in [6.45, 7) is 2.84. The van der Waals surface area contributed by atoms with Gasteiger partial charge in [-0.3, -0.25) is 4.79 Å². The molecule has 0 aliphatic heterocycles. The van der Waals surface area contributed by atoms with E-state index in [9.17, 15) is 22.8 Å². The topological polar surface area (TPSA) is 64.6 Å². The molecule has 2 aromatic carbocycles. The molecular formula is C19H18F3NO4. The zero-order valence-electron chi connectivity index (χ0n) is 14.6. The van der Waals surface area contributed by atoms with Crippen LogP contribution >= 0.6 is 0 Å². The number of hydrogen-bond donors (Lipinski definition) is 1. The van der Waals surface area contributed by atoms with E-state index in [4.69, 9.17) is 9.47 Å². The van der Waals surface area contributed by atoms with Gasteiger partial charge in [0.2, 0.25) is 0 Å². The van der Waals surface area contributed by atoms with Gasteiger partial charge in [0.15, 0.2) is 12.2 Å². The molecule has 0 aliphatic rings. The Bertz CT molecular complexity index is 776. The van der Waals surface area contributed by atoms with Crippen molar-refractivity contribution in [2.45, 2.75) is 32.2 Å². The number of nitrogens with one attached hydrogen (secondary N) is 1. The molecule has 0 heterocycles. The number of anilines is 1. The lowest BCUT2D eigenvalue weighted by Crippen LogP contribution is -2.35. The molecule has 27 heavy (non-hydrogen) atoms. The van der Waals surface area contributed by atoms with E-state index in [2.05, 4.69) is 5.32 Å². The van der Waals surface area contributed by atoms with E-state index in [1.807, 2.05) is 0 Å². The number of para-hydroxylation sites is 1. The van der Waals surface area contributed by atoms with Crippen LogP contribution in [0.4, 0.5) is 18.9 Å². The van der Waals surface area contributed by atoms with Crippen LogP contribution in [-0.4, -0.2) is 24.1 Å². The molecular weight excluding hydrogens is 363 g/mol. The van der Waals surface area contributed by atoms with Gasteiger partial charge in [-0.25, -0.2) is 4.79 Å². The molecule has 0 bridgehead atoms. The number of amides is 1. The van der Waals surface area contributed by atoms with E-state index in [1.165, 1.54) is 13.8 Å². The Kier molecular flexibility index (Phi) is 6.44. The van der Waals surface area contributed by atoms with Crippen molar-refractivity contribution in [3.8, 4) is 5.75 Å². The van der Waals surface area contributed by atoms with Crippen LogP contribution in [0, 0.1) is 0 Å². The van der Waals surface area contributed by atoms with E-state index in [0.717, 1.165) is 24.3 Å². The smallest absolute Gasteiger partial charge is 0.416 e. The number of alkyl halides is 3. The minimum atomic E-state index is -4.46. The fraction of sp³-hybridized carbons (Fsp3) is 0.263. The van der Waals surface area contributed by atoms with Crippen molar-refractivity contribution >= 4 is 17.6 Å². The molecule has 1 N–H and O–H groups in total. The Morgan fingerprint density at radius 2 is 1.52 bits per heavy atom. The van der Waals surface area contributed by atoms with Gasteiger partial charge in [0.05, 0.1) is 5.56 Å². The molecule has 0 fully saturated rings. The van der Waals surface area contributed by atoms with Gasteiger partial charge in [-0.2, -0.15) is 13.2 Å². The molecule has 144 valence electrons. The number of benzene rings is 2. The van der Waals surface area contributed by atoms with Crippen molar-refractivity contribution in [2.75, 3.05) is 5.32 Å². The van der Waals surface area contributed by atoms with Crippen molar-refractivity contribution < 1.29 is 32.2 Å². The highest BCUT2D eigenvalue weighted by Crippen LogP contribution is 2.29. The Hall–Kier alpha value is -3.03. The van der Waals surface area contributed by atoms with Gasteiger partial charge in [0, 0.05) is 5.69 Å². The maximum absolute atomic E-state index is 12.5. The van der Waals surface area contributed by atoms with E-state index < -0.39 is 35.8 Å². The lowest BCUT2D eigenvalue weighted by Gasteiger charge is -2.18. The Morgan fingerprint density at radius 3 is 2.07 bits per heavy atom. The first-order chi connectivity index (χ1) is 12.7. The van der Waals surface area contributed by atoms with Crippen molar-refractivity contribution in [3.63, 3.8) is 0 Å². The van der Waals surface area contributed by atoms with Gasteiger partial charge in [-0.15, -0.1) is 0 Å². The highest BCUT2D eigenvalue weighted by Gasteiger charge is 2.30. The number of carbonyl (C=O) groups excluding carboxylic acids is 2. The van der Waals surface area contributed by atoms with Crippen LogP contribution in [-0.2, 0) is 20.5 Å². The number of halogens is 3. The maximum atomic E-state index is 12.5. The molecule has 2 atom stereocenters. The van der Waals surface area contributed by atoms with Crippen molar-refractivity contribution in [2.24, 2.45) is 0 Å². The molecule has 5 nitrogen and oxygen atoms in total. The second-order valence-corrected chi connectivity index (χ2v) is 5.72. The number of esters is 1. The summed E-state index contributed by atoms with van der Waals surface area (Å²) in [5, 5.41) is 2.39. The molecule has 0 radical (unpaired) electrons. The summed E-state index contributed by atoms with van der Waals surface area (Å²) in [5.74, 6) is -0.937. The molecule has 2 aromatic rings. The third-order valence-electron chi connectivity index (χ3n) is 3.53. The maximum Gasteiger partial charge on any atom is 0.416 e. The Labute approximate surface area is 154 Å². The van der Waals surface area contributed by atoms with E-state index in [1.54, 1.807) is 30.3 Å². The van der Waals surface area contributed by atoms with E-state index in [-0.39, 0.29) is 5.69 Å². The van der Waals surface area contributed by atoms with Crippen LogP contribution in [0.2, 0.25) is 0 Å². The summed E-state index contributed by atoms with van der Waals surface area (Å²) in [5.41, 5.74) is -0.670. The van der Waals surface area contributed by atoms with Gasteiger partial charge < -0.3 is 14.8 Å². The predicted molar refractivity (Wildman–Crippen MR) is 92.2 cm³/mol. The third kappa shape index (κ3) is 6.02. The Morgan fingerprint density at radius 1 is 0.926 bits per heavy atom. The second-order valence-electron chi connectivity index (χ2n) is 5.72. The molecule has 0 saturated heterocycles. The van der Waals surface area contributed by atoms with Gasteiger partial charge in [0.1, 0.15) is 5.75 Å². The first-order valence-electron chi connectivity index (χ1n) is 8.07. The molecule has 1 amide bonds. The average molecular weight is 381 g/mol. The lowest BCUT2D eigenvalue weighted by atomic mass is 10.2. The minimum absolute atomic E-state index is 0.157. The number of rotatable bonds is 6. The van der Waals surface area contributed by atoms with Crippen LogP contribution in [0.3, 0.4) is 0 Å². The molecule has 2 rings (SSSR count). The molecule has 2 unspecified atom stereocenters. The predicted octanol–water partition coefficient (Wildman–Crippen LogP) is 4.04. The number of carbonyl (C=O) groups is 2. The normalized spacial score (nSPS) is 13.4. The summed E-state index contributed by atoms with van der Waals surface area (Å²) < 4.78 is 48.0. The average Bonchev–Trinajstić information content (AvgIpc) is 2.62. The van der Waals surface area contributed by atoms with Crippen LogP contribution in [0.1, 0.15) is 19.4 Å². The van der Waals surface area contributed by atoms with Crippen LogP contribution in [0.25, 0.3) is 0 Å². The third-order valence-corrected chi connectivity index (χ3v) is 3.53. The highest BCUT2D eigenvalue weighted by molar-refractivity contribution is 5.95. The van der Waals surface area contributed by atoms with Crippen molar-refractivity contribution in [3.05, 3.63) is 60.2 Å². The molecule has 0 spiro atoms. The summed E-state index contributed by atoms with van der Waals surface area (Å²) in [6.07, 6.45) is -6.55. The summed E-state index contributed by atoms with van der Waals surface area (Å²) in [7, 11) is 0. The minimum Gasteiger partial charge on any atom is -0.479 e. The van der Waals surface area contributed by atoms with Gasteiger partial charge in [-0.05, 0) is 50.2 Å². The van der Waals surface area contributed by atoms with Crippen LogP contribution < -0.4 is 10.1 Å². The van der Waals surface area contributed by atoms with Crippen molar-refractivity contribution in [1.29, 1.82) is 0 Å². The van der Waals surface area contributed by atoms with Crippen LogP contribution in [0.5, 0.6) is 5.75 Å². The van der Waals surface area contributed by atoms with Gasteiger partial charge in [-0.1, -0.05) is 18.2 Å². The quantitative estimate of drug-likeness (QED) is 0.767. The summed E-state index contributed by atoms with van der Waals surface area (Å²) in [4.78, 5) is 24.1. The van der Waals surface area contributed by atoms with Crippen molar-refractivity contribution in [1.82, 2.24) is 0 Å². The molecule has 8 heteroatoms. The Balaban J connectivity index is 1.88. The fourth-order valence-electron chi connectivity index (χ4n) is 2.06. The monoisotopic (exact) mass is 381 g/mol. The largest absolute Gasteiger partial charge is 0.479 e. The zero-order chi connectivity index (χ0) is 20.0. The summed E-state index contributed by atoms with van der Waals surface area (Å²) >= 11 is 0. The summed E-state index contributed by atoms with van der Waals surface area (Å²) in [6, 6.07) is 12.6. The van der Waals surface area contributed by atoms with Gasteiger partial charge in [0.25, 0.3) is 5.91 Å². The van der Waals surface area contributed by atoms with E-state index in [0.29, 0.717) is 5.75 Å². The lowest BCUT2D eigenvalue weighted by molar-refractivity contribution is -0.159. The molecule has 0 aromatic heterocycles. The van der Waals surface area contributed by atoms with E-state index >= 15 is 0 Å². The van der Waals surface area contributed by atoms with Gasteiger partial charge >= 0.3 is 12.1 Å². The SMILES string of the molecule is CC(OC(=O)C(C)Oc1ccccc1)C(=O)Nc1ccc(C(F)(F)F)cc1. The zero-order valence-corrected chi connectivity index (χ0v) is 14.6. The number of ether oxygens (including phenoxy) is 2.